The van der Waals surface area contributed by atoms with E-state index in [1.54, 1.807) is 6.92 Å². The maximum atomic E-state index is 12.1. The van der Waals surface area contributed by atoms with Crippen LogP contribution in [0, 0.1) is 17.0 Å². The summed E-state index contributed by atoms with van der Waals surface area (Å²) in [6, 6.07) is 12.6. The third-order valence-electron chi connectivity index (χ3n) is 5.61. The van der Waals surface area contributed by atoms with Gasteiger partial charge in [-0.2, -0.15) is 0 Å². The summed E-state index contributed by atoms with van der Waals surface area (Å²) in [6.07, 6.45) is 1.51. The van der Waals surface area contributed by atoms with Gasteiger partial charge in [0, 0.05) is 56.2 Å². The number of aryl methyl sites for hydroxylation is 2. The van der Waals surface area contributed by atoms with Crippen LogP contribution in [0.4, 0.5) is 17.1 Å². The Morgan fingerprint density at radius 3 is 2.34 bits per heavy atom. The van der Waals surface area contributed by atoms with Gasteiger partial charge in [-0.25, -0.2) is 0 Å². The van der Waals surface area contributed by atoms with E-state index in [4.69, 9.17) is 0 Å². The monoisotopic (exact) mass is 439 g/mol. The van der Waals surface area contributed by atoms with E-state index in [0.717, 1.165) is 32.6 Å². The normalized spacial score (nSPS) is 14.1. The number of nitro benzene ring substituents is 1. The number of carbonyl (C=O) groups excluding carboxylic acids is 2. The number of hydrogen-bond acceptors (Lipinski definition) is 6. The lowest BCUT2D eigenvalue weighted by Gasteiger charge is -2.34. The second-order valence-corrected chi connectivity index (χ2v) is 8.03. The molecule has 3 rings (SSSR count). The maximum absolute atomic E-state index is 12.1. The molecule has 1 aliphatic rings. The van der Waals surface area contributed by atoms with Gasteiger partial charge in [0.25, 0.3) is 5.69 Å². The number of hydrogen-bond donors (Lipinski definition) is 2. The molecule has 2 N–H and O–H groups in total. The molecule has 0 bridgehead atoms. The van der Waals surface area contributed by atoms with E-state index in [2.05, 4.69) is 51.7 Å². The van der Waals surface area contributed by atoms with Crippen LogP contribution in [0.3, 0.4) is 0 Å². The van der Waals surface area contributed by atoms with Crippen LogP contribution in [0.25, 0.3) is 0 Å². The molecule has 9 heteroatoms. The first-order chi connectivity index (χ1) is 15.3. The van der Waals surface area contributed by atoms with Gasteiger partial charge in [0.05, 0.1) is 4.92 Å². The van der Waals surface area contributed by atoms with Crippen molar-refractivity contribution in [2.24, 2.45) is 0 Å². The quantitative estimate of drug-likeness (QED) is 0.297. The van der Waals surface area contributed by atoms with E-state index < -0.39 is 16.7 Å². The Balaban J connectivity index is 1.40. The molecular formula is C23H29N5O4. The molecular weight excluding hydrogens is 410 g/mol. The summed E-state index contributed by atoms with van der Waals surface area (Å²) in [5.74, 6) is -1.52. The fourth-order valence-electron chi connectivity index (χ4n) is 3.59. The van der Waals surface area contributed by atoms with E-state index in [9.17, 15) is 19.7 Å². The molecule has 1 fully saturated rings. The number of nitro groups is 1. The molecule has 1 heterocycles. The van der Waals surface area contributed by atoms with Gasteiger partial charge in [-0.3, -0.25) is 19.7 Å². The Labute approximate surface area is 187 Å². The van der Waals surface area contributed by atoms with Crippen molar-refractivity contribution < 1.29 is 14.5 Å². The van der Waals surface area contributed by atoms with Crippen LogP contribution in [-0.2, 0) is 16.0 Å². The van der Waals surface area contributed by atoms with Gasteiger partial charge in [0.2, 0.25) is 0 Å². The average molecular weight is 440 g/mol. The molecule has 0 unspecified atom stereocenters. The minimum atomic E-state index is -0.793. The van der Waals surface area contributed by atoms with Gasteiger partial charge in [-0.1, -0.05) is 12.1 Å². The average Bonchev–Trinajstić information content (AvgIpc) is 2.78. The van der Waals surface area contributed by atoms with Crippen molar-refractivity contribution in [2.75, 3.05) is 50.0 Å². The molecule has 0 atom stereocenters. The second kappa shape index (κ2) is 10.7. The molecule has 0 spiro atoms. The molecule has 9 nitrogen and oxygen atoms in total. The van der Waals surface area contributed by atoms with Crippen LogP contribution in [0.15, 0.2) is 42.5 Å². The minimum Gasteiger partial charge on any atom is -0.369 e. The Kier molecular flexibility index (Phi) is 7.77. The Morgan fingerprint density at radius 2 is 1.72 bits per heavy atom. The number of piperazine rings is 1. The zero-order valence-corrected chi connectivity index (χ0v) is 18.5. The van der Waals surface area contributed by atoms with Crippen molar-refractivity contribution in [1.82, 2.24) is 10.2 Å². The molecule has 2 aromatic rings. The third kappa shape index (κ3) is 6.27. The molecule has 32 heavy (non-hydrogen) atoms. The standard InChI is InChI=1S/C23H29N5O4/c1-17-16-20(28(31)32)9-10-21(17)25-23(30)22(29)24-11-3-4-18-5-7-19(8-6-18)27-14-12-26(2)13-15-27/h5-10,16H,3-4,11-15H2,1-2H3,(H,24,29)(H,25,30). The van der Waals surface area contributed by atoms with Crippen LogP contribution in [0.1, 0.15) is 17.5 Å². The fraction of sp³-hybridized carbons (Fsp3) is 0.391. The number of nitrogens with one attached hydrogen (secondary N) is 2. The molecule has 0 aliphatic carbocycles. The zero-order valence-electron chi connectivity index (χ0n) is 18.5. The van der Waals surface area contributed by atoms with Crippen LogP contribution in [0.5, 0.6) is 0 Å². The molecule has 1 saturated heterocycles. The van der Waals surface area contributed by atoms with Gasteiger partial charge in [-0.05, 0) is 56.1 Å². The van der Waals surface area contributed by atoms with Crippen molar-refractivity contribution in [3.63, 3.8) is 0 Å². The van der Waals surface area contributed by atoms with Crippen molar-refractivity contribution in [1.29, 1.82) is 0 Å². The van der Waals surface area contributed by atoms with Crippen molar-refractivity contribution in [3.05, 3.63) is 63.7 Å². The van der Waals surface area contributed by atoms with Gasteiger partial charge in [0.15, 0.2) is 0 Å². The molecule has 1 aliphatic heterocycles. The number of carbonyl (C=O) groups is 2. The number of anilines is 2. The second-order valence-electron chi connectivity index (χ2n) is 8.03. The first-order valence-corrected chi connectivity index (χ1v) is 10.7. The largest absolute Gasteiger partial charge is 0.369 e. The Bertz CT molecular complexity index is 969. The molecule has 2 aromatic carbocycles. The lowest BCUT2D eigenvalue weighted by molar-refractivity contribution is -0.384. The zero-order chi connectivity index (χ0) is 23.1. The van der Waals surface area contributed by atoms with E-state index in [1.165, 1.54) is 29.4 Å². The smallest absolute Gasteiger partial charge is 0.313 e. The topological polar surface area (TPSA) is 108 Å². The fourth-order valence-corrected chi connectivity index (χ4v) is 3.59. The number of likely N-dealkylation sites (N-methyl/N-ethyl adjacent to an activating group) is 1. The predicted octanol–water partition coefficient (Wildman–Crippen LogP) is 2.34. The van der Waals surface area contributed by atoms with Crippen molar-refractivity contribution in [2.45, 2.75) is 19.8 Å². The SMILES string of the molecule is Cc1cc([N+](=O)[O-])ccc1NC(=O)C(=O)NCCCc1ccc(N2CCN(C)CC2)cc1. The van der Waals surface area contributed by atoms with Crippen molar-refractivity contribution in [3.8, 4) is 0 Å². The number of benzene rings is 2. The Morgan fingerprint density at radius 1 is 1.03 bits per heavy atom. The highest BCUT2D eigenvalue weighted by Crippen LogP contribution is 2.21. The van der Waals surface area contributed by atoms with Gasteiger partial charge < -0.3 is 20.4 Å². The molecule has 0 radical (unpaired) electrons. The number of rotatable bonds is 7. The van der Waals surface area contributed by atoms with E-state index in [0.29, 0.717) is 24.2 Å². The summed E-state index contributed by atoms with van der Waals surface area (Å²) in [5.41, 5.74) is 3.23. The maximum Gasteiger partial charge on any atom is 0.313 e. The van der Waals surface area contributed by atoms with E-state index in [1.807, 2.05) is 0 Å². The van der Waals surface area contributed by atoms with E-state index in [-0.39, 0.29) is 5.69 Å². The van der Waals surface area contributed by atoms with Crippen LogP contribution in [0.2, 0.25) is 0 Å². The molecule has 2 amide bonds. The first kappa shape index (κ1) is 23.2. The number of non-ortho nitro benzene ring substituents is 1. The number of nitrogens with zero attached hydrogens (tertiary/aromatic N) is 3. The van der Waals surface area contributed by atoms with Crippen molar-refractivity contribution >= 4 is 28.9 Å². The van der Waals surface area contributed by atoms with Crippen LogP contribution in [-0.4, -0.2) is 61.4 Å². The molecule has 0 aromatic heterocycles. The molecule has 170 valence electrons. The summed E-state index contributed by atoms with van der Waals surface area (Å²) >= 11 is 0. The highest BCUT2D eigenvalue weighted by molar-refractivity contribution is 6.39. The van der Waals surface area contributed by atoms with E-state index >= 15 is 0 Å². The lowest BCUT2D eigenvalue weighted by Crippen LogP contribution is -2.44. The lowest BCUT2D eigenvalue weighted by atomic mass is 10.1. The van der Waals surface area contributed by atoms with Gasteiger partial charge in [-0.15, -0.1) is 0 Å². The summed E-state index contributed by atoms with van der Waals surface area (Å²) in [6.45, 7) is 6.21. The summed E-state index contributed by atoms with van der Waals surface area (Å²) in [5, 5.41) is 15.9. The van der Waals surface area contributed by atoms with Gasteiger partial charge in [0.1, 0.15) is 0 Å². The molecule has 0 saturated carbocycles. The predicted molar refractivity (Wildman–Crippen MR) is 124 cm³/mol. The summed E-state index contributed by atoms with van der Waals surface area (Å²) in [4.78, 5) is 39.1. The Hall–Kier alpha value is -3.46. The summed E-state index contributed by atoms with van der Waals surface area (Å²) < 4.78 is 0. The highest BCUT2D eigenvalue weighted by Gasteiger charge is 2.16. The summed E-state index contributed by atoms with van der Waals surface area (Å²) in [7, 11) is 2.14. The number of amides is 2. The minimum absolute atomic E-state index is 0.0680. The van der Waals surface area contributed by atoms with Gasteiger partial charge >= 0.3 is 11.8 Å². The first-order valence-electron chi connectivity index (χ1n) is 10.7. The third-order valence-corrected chi connectivity index (χ3v) is 5.61. The van der Waals surface area contributed by atoms with Crippen LogP contribution < -0.4 is 15.5 Å². The van der Waals surface area contributed by atoms with Crippen LogP contribution >= 0.6 is 0 Å². The highest BCUT2D eigenvalue weighted by atomic mass is 16.6.